The molecule has 3 rings (SSSR count). The highest BCUT2D eigenvalue weighted by molar-refractivity contribution is 8.00. The molecule has 0 aromatic heterocycles. The standard InChI is InChI=1S/C26H22Cl4N2O6S/c1-4-17(24(33)32-15-9-8-13(37-2)11-16(15)38-3)39-14-7-5-6-12(10-14)31-25(34)18-19(26(35)36)21(28)23(30)22(29)20(18)27/h5-11,17H,4H2,1-3H3,(H,31,34)(H,32,33)(H,35,36). The van der Waals surface area contributed by atoms with Crippen molar-refractivity contribution in [2.75, 3.05) is 24.9 Å². The van der Waals surface area contributed by atoms with Crippen molar-refractivity contribution < 1.29 is 29.0 Å². The van der Waals surface area contributed by atoms with Crippen molar-refractivity contribution in [3.05, 3.63) is 73.7 Å². The highest BCUT2D eigenvalue weighted by atomic mass is 35.5. The Bertz CT molecular complexity index is 1440. The fourth-order valence-corrected chi connectivity index (χ4v) is 5.52. The van der Waals surface area contributed by atoms with Gasteiger partial charge in [0.15, 0.2) is 0 Å². The Morgan fingerprint density at radius 3 is 2.15 bits per heavy atom. The molecule has 1 atom stereocenters. The van der Waals surface area contributed by atoms with Crippen LogP contribution < -0.4 is 20.1 Å². The third kappa shape index (κ3) is 7.04. The SMILES string of the molecule is CCC(Sc1cccc(NC(=O)c2c(Cl)c(Cl)c(Cl)c(Cl)c2C(=O)O)c1)C(=O)Nc1ccc(OC)cc1OC. The fraction of sp³-hybridized carbons (Fsp3) is 0.192. The van der Waals surface area contributed by atoms with E-state index in [0.29, 0.717) is 34.2 Å². The monoisotopic (exact) mass is 630 g/mol. The predicted molar refractivity (Wildman–Crippen MR) is 156 cm³/mol. The van der Waals surface area contributed by atoms with Crippen molar-refractivity contribution >= 4 is 87.3 Å². The molecule has 2 amide bonds. The second-order valence-corrected chi connectivity index (χ2v) is 10.7. The van der Waals surface area contributed by atoms with Gasteiger partial charge in [0.2, 0.25) is 5.91 Å². The molecular formula is C26H22Cl4N2O6S. The Hall–Kier alpha value is -2.82. The normalized spacial score (nSPS) is 11.5. The summed E-state index contributed by atoms with van der Waals surface area (Å²) in [6.45, 7) is 1.87. The van der Waals surface area contributed by atoms with Crippen LogP contribution in [0.2, 0.25) is 20.1 Å². The molecule has 8 nitrogen and oxygen atoms in total. The van der Waals surface area contributed by atoms with E-state index in [1.54, 1.807) is 42.5 Å². The number of methoxy groups -OCH3 is 2. The van der Waals surface area contributed by atoms with E-state index < -0.39 is 33.3 Å². The molecular weight excluding hydrogens is 610 g/mol. The molecule has 3 aromatic carbocycles. The maximum absolute atomic E-state index is 13.1. The zero-order valence-electron chi connectivity index (χ0n) is 20.7. The van der Waals surface area contributed by atoms with Crippen molar-refractivity contribution in [3.63, 3.8) is 0 Å². The van der Waals surface area contributed by atoms with Gasteiger partial charge in [0.1, 0.15) is 11.5 Å². The molecule has 0 aliphatic heterocycles. The molecule has 0 saturated heterocycles. The molecule has 0 aliphatic carbocycles. The minimum absolute atomic E-state index is 0.243. The molecule has 0 heterocycles. The number of anilines is 2. The number of thioether (sulfide) groups is 1. The van der Waals surface area contributed by atoms with Crippen LogP contribution in [0.3, 0.4) is 0 Å². The first-order valence-corrected chi connectivity index (χ1v) is 13.6. The van der Waals surface area contributed by atoms with Crippen LogP contribution in [-0.2, 0) is 4.79 Å². The van der Waals surface area contributed by atoms with Crippen molar-refractivity contribution in [3.8, 4) is 11.5 Å². The van der Waals surface area contributed by atoms with Gasteiger partial charge in [0.05, 0.1) is 56.4 Å². The molecule has 0 spiro atoms. The summed E-state index contributed by atoms with van der Waals surface area (Å²) in [5.41, 5.74) is -0.182. The fourth-order valence-electron chi connectivity index (χ4n) is 3.49. The van der Waals surface area contributed by atoms with Crippen LogP contribution in [0.25, 0.3) is 0 Å². The third-order valence-electron chi connectivity index (χ3n) is 5.41. The van der Waals surface area contributed by atoms with Crippen LogP contribution in [0.15, 0.2) is 47.4 Å². The minimum atomic E-state index is -1.50. The summed E-state index contributed by atoms with van der Waals surface area (Å²) in [5.74, 6) is -1.56. The number of carboxylic acids is 1. The number of aromatic carboxylic acids is 1. The van der Waals surface area contributed by atoms with E-state index in [0.717, 1.165) is 0 Å². The summed E-state index contributed by atoms with van der Waals surface area (Å²) in [5, 5.41) is 13.3. The van der Waals surface area contributed by atoms with Crippen LogP contribution in [0.5, 0.6) is 11.5 Å². The number of hydrogen-bond donors (Lipinski definition) is 3. The molecule has 0 saturated carbocycles. The van der Waals surface area contributed by atoms with E-state index in [2.05, 4.69) is 10.6 Å². The van der Waals surface area contributed by atoms with Crippen molar-refractivity contribution in [2.24, 2.45) is 0 Å². The number of amides is 2. The molecule has 0 radical (unpaired) electrons. The van der Waals surface area contributed by atoms with Gasteiger partial charge in [-0.1, -0.05) is 59.4 Å². The molecule has 13 heteroatoms. The Labute approximate surface area is 248 Å². The van der Waals surface area contributed by atoms with Crippen molar-refractivity contribution in [1.29, 1.82) is 0 Å². The number of halogens is 4. The lowest BCUT2D eigenvalue weighted by molar-refractivity contribution is -0.115. The van der Waals surface area contributed by atoms with E-state index in [9.17, 15) is 19.5 Å². The van der Waals surface area contributed by atoms with E-state index in [-0.39, 0.29) is 21.0 Å². The number of hydrogen-bond acceptors (Lipinski definition) is 6. The van der Waals surface area contributed by atoms with Gasteiger partial charge in [-0.05, 0) is 36.8 Å². The van der Waals surface area contributed by atoms with E-state index in [1.807, 2.05) is 6.92 Å². The van der Waals surface area contributed by atoms with Crippen molar-refractivity contribution in [2.45, 2.75) is 23.5 Å². The molecule has 206 valence electrons. The summed E-state index contributed by atoms with van der Waals surface area (Å²) in [4.78, 5) is 38.6. The molecule has 3 N–H and O–H groups in total. The first-order valence-electron chi connectivity index (χ1n) is 11.2. The molecule has 0 aliphatic rings. The zero-order valence-corrected chi connectivity index (χ0v) is 24.6. The number of carbonyl (C=O) groups excluding carboxylic acids is 2. The lowest BCUT2D eigenvalue weighted by Gasteiger charge is -2.17. The average Bonchev–Trinajstić information content (AvgIpc) is 2.92. The van der Waals surface area contributed by atoms with E-state index >= 15 is 0 Å². The smallest absolute Gasteiger partial charge is 0.338 e. The van der Waals surface area contributed by atoms with Gasteiger partial charge in [0, 0.05) is 16.6 Å². The second-order valence-electron chi connectivity index (χ2n) is 7.86. The van der Waals surface area contributed by atoms with Gasteiger partial charge < -0.3 is 25.2 Å². The lowest BCUT2D eigenvalue weighted by Crippen LogP contribution is -2.24. The summed E-state index contributed by atoms with van der Waals surface area (Å²) in [7, 11) is 3.03. The number of carbonyl (C=O) groups is 3. The Kier molecular flexibility index (Phi) is 10.6. The molecule has 0 bridgehead atoms. The van der Waals surface area contributed by atoms with E-state index in [1.165, 1.54) is 26.0 Å². The molecule has 1 unspecified atom stereocenters. The first-order chi connectivity index (χ1) is 18.5. The first kappa shape index (κ1) is 30.7. The number of nitrogens with one attached hydrogen (secondary N) is 2. The minimum Gasteiger partial charge on any atom is -0.497 e. The molecule has 39 heavy (non-hydrogen) atoms. The zero-order chi connectivity index (χ0) is 28.9. The predicted octanol–water partition coefficient (Wildman–Crippen LogP) is 7.78. The molecule has 0 fully saturated rings. The van der Waals surface area contributed by atoms with Gasteiger partial charge in [-0.15, -0.1) is 11.8 Å². The van der Waals surface area contributed by atoms with Gasteiger partial charge in [-0.25, -0.2) is 4.79 Å². The van der Waals surface area contributed by atoms with Crippen LogP contribution in [-0.4, -0.2) is 42.4 Å². The third-order valence-corrected chi connectivity index (χ3v) is 8.57. The highest BCUT2D eigenvalue weighted by Crippen LogP contribution is 2.42. The quantitative estimate of drug-likeness (QED) is 0.119. The van der Waals surface area contributed by atoms with Gasteiger partial charge in [-0.3, -0.25) is 9.59 Å². The number of rotatable bonds is 10. The number of ether oxygens (including phenoxy) is 2. The maximum Gasteiger partial charge on any atom is 0.338 e. The molecule has 3 aromatic rings. The topological polar surface area (TPSA) is 114 Å². The summed E-state index contributed by atoms with van der Waals surface area (Å²) < 4.78 is 10.5. The summed E-state index contributed by atoms with van der Waals surface area (Å²) >= 11 is 25.5. The van der Waals surface area contributed by atoms with Crippen LogP contribution in [0, 0.1) is 0 Å². The Morgan fingerprint density at radius 2 is 1.56 bits per heavy atom. The van der Waals surface area contributed by atoms with Gasteiger partial charge in [-0.2, -0.15) is 0 Å². The second kappa shape index (κ2) is 13.5. The number of benzene rings is 3. The number of carboxylic acid groups (broad SMARTS) is 1. The lowest BCUT2D eigenvalue weighted by atomic mass is 10.1. The van der Waals surface area contributed by atoms with E-state index in [4.69, 9.17) is 55.9 Å². The summed E-state index contributed by atoms with van der Waals surface area (Å²) in [6.07, 6.45) is 0.505. The largest absolute Gasteiger partial charge is 0.497 e. The Morgan fingerprint density at radius 1 is 0.897 bits per heavy atom. The van der Waals surface area contributed by atoms with Crippen LogP contribution in [0.4, 0.5) is 11.4 Å². The van der Waals surface area contributed by atoms with Crippen molar-refractivity contribution in [1.82, 2.24) is 0 Å². The van der Waals surface area contributed by atoms with Crippen LogP contribution in [0.1, 0.15) is 34.1 Å². The highest BCUT2D eigenvalue weighted by Gasteiger charge is 2.29. The maximum atomic E-state index is 13.1. The van der Waals surface area contributed by atoms with Crippen LogP contribution >= 0.6 is 58.2 Å². The average molecular weight is 632 g/mol. The Balaban J connectivity index is 1.81. The van der Waals surface area contributed by atoms with Gasteiger partial charge in [0.25, 0.3) is 5.91 Å². The summed E-state index contributed by atoms with van der Waals surface area (Å²) in [6, 6.07) is 11.8. The van der Waals surface area contributed by atoms with Gasteiger partial charge >= 0.3 is 5.97 Å².